The molecule has 0 saturated heterocycles. The maximum atomic E-state index is 13.1. The summed E-state index contributed by atoms with van der Waals surface area (Å²) in [4.78, 5) is 21.9. The quantitative estimate of drug-likeness (QED) is 0.455. The van der Waals surface area contributed by atoms with Crippen LogP contribution in [-0.4, -0.2) is 15.8 Å². The van der Waals surface area contributed by atoms with Crippen LogP contribution in [0.4, 0.5) is 0 Å². The number of fused-ring (bicyclic) bond motifs is 4. The molecule has 2 aromatic heterocycles. The fourth-order valence-corrected chi connectivity index (χ4v) is 3.70. The zero-order valence-electron chi connectivity index (χ0n) is 13.3. The number of carbonyl (C=O) groups is 1. The van der Waals surface area contributed by atoms with Crippen molar-refractivity contribution >= 4 is 43.9 Å². The molecule has 5 rings (SSSR count). The molecule has 26 heavy (non-hydrogen) atoms. The molecule has 0 amide bonds. The van der Waals surface area contributed by atoms with Crippen molar-refractivity contribution in [2.45, 2.75) is 0 Å². The average Bonchev–Trinajstić information content (AvgIpc) is 2.68. The van der Waals surface area contributed by atoms with E-state index in [-0.39, 0.29) is 11.1 Å². The first-order valence-corrected chi connectivity index (χ1v) is 7.93. The Morgan fingerprint density at radius 2 is 1.35 bits per heavy atom. The number of ketones is 1. The SMILES string of the molecule is N#CC1=C(C#N)c2c3ncccc3cc3cc4cccnc4c(c23)C1=O. The standard InChI is InChI=1S/C21H8N4O/c22-9-14-15(10-23)21(26)18-16-13(8-12-4-2-6-25-20(12)18)7-11-3-1-5-24-19(11)17(14)16/h1-8H. The van der Waals surface area contributed by atoms with E-state index in [1.165, 1.54) is 0 Å². The van der Waals surface area contributed by atoms with Gasteiger partial charge in [0.2, 0.25) is 5.78 Å². The molecule has 0 N–H and O–H groups in total. The molecule has 5 heteroatoms. The molecule has 118 valence electrons. The minimum atomic E-state index is -0.457. The second-order valence-corrected chi connectivity index (χ2v) is 6.05. The van der Waals surface area contributed by atoms with Crippen molar-refractivity contribution in [3.63, 3.8) is 0 Å². The van der Waals surface area contributed by atoms with Crippen molar-refractivity contribution in [1.29, 1.82) is 10.5 Å². The van der Waals surface area contributed by atoms with Gasteiger partial charge in [-0.25, -0.2) is 0 Å². The highest BCUT2D eigenvalue weighted by Gasteiger charge is 2.32. The Morgan fingerprint density at radius 1 is 0.769 bits per heavy atom. The number of hydrogen-bond donors (Lipinski definition) is 0. The normalized spacial score (nSPS) is 13.2. The van der Waals surface area contributed by atoms with E-state index in [4.69, 9.17) is 0 Å². The molecule has 4 aromatic rings. The second kappa shape index (κ2) is 4.95. The van der Waals surface area contributed by atoms with Crippen LogP contribution >= 0.6 is 0 Å². The van der Waals surface area contributed by atoms with Crippen molar-refractivity contribution < 1.29 is 4.79 Å². The summed E-state index contributed by atoms with van der Waals surface area (Å²) >= 11 is 0. The maximum absolute atomic E-state index is 13.1. The summed E-state index contributed by atoms with van der Waals surface area (Å²) in [6.45, 7) is 0. The van der Waals surface area contributed by atoms with Crippen LogP contribution in [0, 0.1) is 22.7 Å². The van der Waals surface area contributed by atoms with Crippen molar-refractivity contribution in [1.82, 2.24) is 9.97 Å². The number of benzene rings is 2. The van der Waals surface area contributed by atoms with E-state index in [1.807, 2.05) is 36.4 Å². The van der Waals surface area contributed by atoms with Gasteiger partial charge in [-0.05, 0) is 29.7 Å². The fourth-order valence-electron chi connectivity index (χ4n) is 3.70. The lowest BCUT2D eigenvalue weighted by Crippen LogP contribution is -2.13. The predicted octanol–water partition coefficient (Wildman–Crippen LogP) is 3.93. The number of aromatic nitrogens is 2. The second-order valence-electron chi connectivity index (χ2n) is 6.05. The molecule has 0 fully saturated rings. The van der Waals surface area contributed by atoms with Gasteiger partial charge in [0.15, 0.2) is 0 Å². The van der Waals surface area contributed by atoms with Crippen LogP contribution in [0.5, 0.6) is 0 Å². The van der Waals surface area contributed by atoms with Gasteiger partial charge in [0.05, 0.1) is 22.2 Å². The Kier molecular flexibility index (Phi) is 2.72. The van der Waals surface area contributed by atoms with E-state index < -0.39 is 5.78 Å². The van der Waals surface area contributed by atoms with Crippen molar-refractivity contribution in [2.75, 3.05) is 0 Å². The summed E-state index contributed by atoms with van der Waals surface area (Å²) in [6, 6.07) is 15.3. The maximum Gasteiger partial charge on any atom is 0.207 e. The van der Waals surface area contributed by atoms with E-state index in [1.54, 1.807) is 18.5 Å². The number of allylic oxidation sites excluding steroid dienone is 2. The van der Waals surface area contributed by atoms with Crippen LogP contribution in [-0.2, 0) is 0 Å². The Balaban J connectivity index is 2.18. The Labute approximate surface area is 147 Å². The minimum Gasteiger partial charge on any atom is -0.288 e. The molecule has 1 aliphatic carbocycles. The van der Waals surface area contributed by atoms with E-state index in [2.05, 4.69) is 16.0 Å². The van der Waals surface area contributed by atoms with Gasteiger partial charge >= 0.3 is 0 Å². The number of hydrogen-bond acceptors (Lipinski definition) is 5. The summed E-state index contributed by atoms with van der Waals surface area (Å²) in [5.74, 6) is -0.457. The molecular formula is C21H8N4O. The lowest BCUT2D eigenvalue weighted by atomic mass is 9.81. The molecule has 0 radical (unpaired) electrons. The molecule has 0 aliphatic heterocycles. The van der Waals surface area contributed by atoms with Gasteiger partial charge in [0.25, 0.3) is 0 Å². The highest BCUT2D eigenvalue weighted by atomic mass is 16.1. The Bertz CT molecular complexity index is 1410. The molecule has 1 aliphatic rings. The highest BCUT2D eigenvalue weighted by molar-refractivity contribution is 6.34. The third-order valence-electron chi connectivity index (χ3n) is 4.74. The largest absolute Gasteiger partial charge is 0.288 e. The molecule has 0 saturated carbocycles. The number of nitriles is 2. The Morgan fingerprint density at radius 3 is 1.92 bits per heavy atom. The smallest absolute Gasteiger partial charge is 0.207 e. The predicted molar refractivity (Wildman–Crippen MR) is 97.0 cm³/mol. The zero-order valence-corrected chi connectivity index (χ0v) is 13.3. The number of rotatable bonds is 0. The minimum absolute atomic E-state index is 0.0783. The van der Waals surface area contributed by atoms with Crippen LogP contribution in [0.15, 0.2) is 54.4 Å². The van der Waals surface area contributed by atoms with Crippen molar-refractivity contribution in [2.24, 2.45) is 0 Å². The molecule has 2 heterocycles. The molecule has 0 atom stereocenters. The topological polar surface area (TPSA) is 90.4 Å². The summed E-state index contributed by atoms with van der Waals surface area (Å²) < 4.78 is 0. The highest BCUT2D eigenvalue weighted by Crippen LogP contribution is 2.42. The van der Waals surface area contributed by atoms with Gasteiger partial charge in [0, 0.05) is 34.1 Å². The van der Waals surface area contributed by atoms with Crippen LogP contribution in [0.25, 0.3) is 38.2 Å². The van der Waals surface area contributed by atoms with Crippen LogP contribution in [0.2, 0.25) is 0 Å². The van der Waals surface area contributed by atoms with Gasteiger partial charge < -0.3 is 0 Å². The molecule has 2 aromatic carbocycles. The molecular weight excluding hydrogens is 324 g/mol. The number of pyridine rings is 2. The third kappa shape index (κ3) is 1.64. The third-order valence-corrected chi connectivity index (χ3v) is 4.74. The van der Waals surface area contributed by atoms with Crippen LogP contribution in [0.3, 0.4) is 0 Å². The van der Waals surface area contributed by atoms with E-state index in [9.17, 15) is 15.3 Å². The summed E-state index contributed by atoms with van der Waals surface area (Å²) in [6.07, 6.45) is 3.26. The lowest BCUT2D eigenvalue weighted by molar-refractivity contribution is 0.104. The van der Waals surface area contributed by atoms with E-state index >= 15 is 0 Å². The first-order chi connectivity index (χ1) is 12.7. The first-order valence-electron chi connectivity index (χ1n) is 7.93. The summed E-state index contributed by atoms with van der Waals surface area (Å²) in [7, 11) is 0. The fraction of sp³-hybridized carbons (Fsp3) is 0. The molecule has 5 nitrogen and oxygen atoms in total. The van der Waals surface area contributed by atoms with Gasteiger partial charge in [-0.1, -0.05) is 12.1 Å². The average molecular weight is 332 g/mol. The van der Waals surface area contributed by atoms with Crippen molar-refractivity contribution in [3.8, 4) is 12.1 Å². The molecule has 0 unspecified atom stereocenters. The van der Waals surface area contributed by atoms with E-state index in [0.29, 0.717) is 27.5 Å². The number of carbonyl (C=O) groups excluding carboxylic acids is 1. The summed E-state index contributed by atoms with van der Waals surface area (Å²) in [5.41, 5.74) is 1.97. The monoisotopic (exact) mass is 332 g/mol. The lowest BCUT2D eigenvalue weighted by Gasteiger charge is -2.19. The molecule has 0 bridgehead atoms. The van der Waals surface area contributed by atoms with E-state index in [0.717, 1.165) is 16.2 Å². The first kappa shape index (κ1) is 14.3. The van der Waals surface area contributed by atoms with Gasteiger partial charge in [-0.15, -0.1) is 0 Å². The summed E-state index contributed by atoms with van der Waals surface area (Å²) in [5, 5.41) is 22.4. The number of Topliss-reactive ketones (excluding diaryl/α,β-unsaturated/α-hetero) is 1. The zero-order chi connectivity index (χ0) is 17.8. The van der Waals surface area contributed by atoms with Crippen molar-refractivity contribution in [3.05, 3.63) is 65.5 Å². The molecule has 0 spiro atoms. The van der Waals surface area contributed by atoms with Crippen LogP contribution < -0.4 is 0 Å². The van der Waals surface area contributed by atoms with Gasteiger partial charge in [-0.3, -0.25) is 14.8 Å². The van der Waals surface area contributed by atoms with Gasteiger partial charge in [-0.2, -0.15) is 10.5 Å². The van der Waals surface area contributed by atoms with Gasteiger partial charge in [0.1, 0.15) is 17.7 Å². The number of nitrogens with zero attached hydrogens (tertiary/aromatic N) is 4. The van der Waals surface area contributed by atoms with Crippen LogP contribution in [0.1, 0.15) is 15.9 Å². The Hall–Kier alpha value is -4.09.